The molecule has 0 bridgehead atoms. The number of aryl methyl sites for hydroxylation is 1. The number of amides is 1. The Hall–Kier alpha value is -2.18. The highest BCUT2D eigenvalue weighted by molar-refractivity contribution is 5.91. The predicted molar refractivity (Wildman–Crippen MR) is 98.2 cm³/mol. The third-order valence-corrected chi connectivity index (χ3v) is 4.71. The van der Waals surface area contributed by atoms with Crippen LogP contribution in [0.4, 0.5) is 0 Å². The van der Waals surface area contributed by atoms with Crippen LogP contribution in [0, 0.1) is 5.92 Å². The number of hydrogen-bond donors (Lipinski definition) is 1. The van der Waals surface area contributed by atoms with Gasteiger partial charge in [0.05, 0.1) is 0 Å². The Bertz CT molecular complexity index is 697. The normalized spacial score (nSPS) is 21.0. The van der Waals surface area contributed by atoms with Crippen molar-refractivity contribution in [2.24, 2.45) is 13.0 Å². The van der Waals surface area contributed by atoms with Crippen LogP contribution in [0.25, 0.3) is 0 Å². The molecule has 25 heavy (non-hydrogen) atoms. The van der Waals surface area contributed by atoms with Gasteiger partial charge in [0.2, 0.25) is 0 Å². The lowest BCUT2D eigenvalue weighted by Gasteiger charge is -2.22. The zero-order valence-corrected chi connectivity index (χ0v) is 15.2. The molecule has 0 aliphatic carbocycles. The SMILES string of the molecule is CN(C)C[C@@H]1CN(Cc2ccccc2)C[C@H]1NC(=O)c1nccn1C. The molecule has 1 aromatic carbocycles. The molecule has 1 saturated heterocycles. The van der Waals surface area contributed by atoms with Gasteiger partial charge in [0, 0.05) is 57.6 Å². The van der Waals surface area contributed by atoms with Gasteiger partial charge < -0.3 is 14.8 Å². The Morgan fingerprint density at radius 3 is 2.68 bits per heavy atom. The van der Waals surface area contributed by atoms with Crippen LogP contribution in [0.3, 0.4) is 0 Å². The second-order valence-electron chi connectivity index (χ2n) is 7.14. The molecule has 0 spiro atoms. The fourth-order valence-electron chi connectivity index (χ4n) is 3.57. The second kappa shape index (κ2) is 7.80. The minimum atomic E-state index is -0.0946. The van der Waals surface area contributed by atoms with E-state index < -0.39 is 0 Å². The summed E-state index contributed by atoms with van der Waals surface area (Å²) in [5, 5.41) is 3.20. The highest BCUT2D eigenvalue weighted by Crippen LogP contribution is 2.20. The summed E-state index contributed by atoms with van der Waals surface area (Å²) in [7, 11) is 6.00. The molecular weight excluding hydrogens is 314 g/mol. The molecule has 1 fully saturated rings. The van der Waals surface area contributed by atoms with E-state index in [1.165, 1.54) is 5.56 Å². The van der Waals surface area contributed by atoms with Crippen molar-refractivity contribution in [3.05, 3.63) is 54.1 Å². The molecule has 0 unspecified atom stereocenters. The number of nitrogens with zero attached hydrogens (tertiary/aromatic N) is 4. The van der Waals surface area contributed by atoms with E-state index in [1.807, 2.05) is 13.1 Å². The largest absolute Gasteiger partial charge is 0.345 e. The quantitative estimate of drug-likeness (QED) is 0.858. The molecule has 1 aliphatic heterocycles. The zero-order chi connectivity index (χ0) is 17.8. The van der Waals surface area contributed by atoms with Gasteiger partial charge in [-0.3, -0.25) is 9.69 Å². The molecule has 0 radical (unpaired) electrons. The molecule has 0 saturated carbocycles. The highest BCUT2D eigenvalue weighted by Gasteiger charge is 2.34. The summed E-state index contributed by atoms with van der Waals surface area (Å²) in [5.74, 6) is 0.774. The van der Waals surface area contributed by atoms with Gasteiger partial charge in [-0.05, 0) is 19.7 Å². The third kappa shape index (κ3) is 4.46. The smallest absolute Gasteiger partial charge is 0.287 e. The van der Waals surface area contributed by atoms with Crippen LogP contribution in [-0.4, -0.2) is 65.0 Å². The van der Waals surface area contributed by atoms with Crippen molar-refractivity contribution >= 4 is 5.91 Å². The Morgan fingerprint density at radius 1 is 1.28 bits per heavy atom. The first-order valence-corrected chi connectivity index (χ1v) is 8.72. The lowest BCUT2D eigenvalue weighted by Crippen LogP contribution is -2.44. The van der Waals surface area contributed by atoms with Crippen molar-refractivity contribution in [3.8, 4) is 0 Å². The van der Waals surface area contributed by atoms with Crippen molar-refractivity contribution in [3.63, 3.8) is 0 Å². The van der Waals surface area contributed by atoms with Gasteiger partial charge in [-0.15, -0.1) is 0 Å². The van der Waals surface area contributed by atoms with Gasteiger partial charge in [0.1, 0.15) is 0 Å². The number of imidazole rings is 1. The van der Waals surface area contributed by atoms with E-state index in [9.17, 15) is 4.79 Å². The third-order valence-electron chi connectivity index (χ3n) is 4.71. The van der Waals surface area contributed by atoms with Gasteiger partial charge in [0.25, 0.3) is 5.91 Å². The van der Waals surface area contributed by atoms with Crippen LogP contribution in [0.15, 0.2) is 42.7 Å². The number of rotatable bonds is 6. The summed E-state index contributed by atoms with van der Waals surface area (Å²) in [6.45, 7) is 3.72. The zero-order valence-electron chi connectivity index (χ0n) is 15.2. The standard InChI is InChI=1S/C19H27N5O/c1-22(2)12-16-13-24(11-15-7-5-4-6-8-15)14-17(16)21-19(25)18-20-9-10-23(18)3/h4-10,16-17H,11-14H2,1-3H3,(H,21,25)/t16-,17-/m1/s1. The van der Waals surface area contributed by atoms with Crippen LogP contribution in [0.2, 0.25) is 0 Å². The molecule has 1 amide bonds. The number of nitrogens with one attached hydrogen (secondary N) is 1. The highest BCUT2D eigenvalue weighted by atomic mass is 16.2. The van der Waals surface area contributed by atoms with Crippen molar-refractivity contribution in [2.45, 2.75) is 12.6 Å². The van der Waals surface area contributed by atoms with Crippen molar-refractivity contribution in [1.82, 2.24) is 24.7 Å². The first-order chi connectivity index (χ1) is 12.0. The van der Waals surface area contributed by atoms with Crippen LogP contribution in [-0.2, 0) is 13.6 Å². The van der Waals surface area contributed by atoms with E-state index in [0.717, 1.165) is 26.2 Å². The fourth-order valence-corrected chi connectivity index (χ4v) is 3.57. The first-order valence-electron chi connectivity index (χ1n) is 8.72. The van der Waals surface area contributed by atoms with E-state index >= 15 is 0 Å². The molecule has 2 aromatic rings. The van der Waals surface area contributed by atoms with Crippen molar-refractivity contribution in [1.29, 1.82) is 0 Å². The molecule has 1 N–H and O–H groups in total. The number of benzene rings is 1. The molecule has 6 nitrogen and oxygen atoms in total. The molecule has 134 valence electrons. The van der Waals surface area contributed by atoms with Gasteiger partial charge in [-0.25, -0.2) is 4.98 Å². The van der Waals surface area contributed by atoms with Crippen LogP contribution in [0.5, 0.6) is 0 Å². The molecule has 3 rings (SSSR count). The second-order valence-corrected chi connectivity index (χ2v) is 7.14. The lowest BCUT2D eigenvalue weighted by molar-refractivity contribution is 0.0913. The van der Waals surface area contributed by atoms with Crippen LogP contribution in [0.1, 0.15) is 16.2 Å². The molecule has 1 aromatic heterocycles. The Morgan fingerprint density at radius 2 is 2.04 bits per heavy atom. The Balaban J connectivity index is 1.67. The molecular formula is C19H27N5O. The molecule has 2 atom stereocenters. The number of hydrogen-bond acceptors (Lipinski definition) is 4. The summed E-state index contributed by atoms with van der Waals surface area (Å²) in [6.07, 6.45) is 3.45. The maximum Gasteiger partial charge on any atom is 0.287 e. The number of likely N-dealkylation sites (tertiary alicyclic amines) is 1. The summed E-state index contributed by atoms with van der Waals surface area (Å²) < 4.78 is 1.76. The van der Waals surface area contributed by atoms with E-state index in [4.69, 9.17) is 0 Å². The number of carbonyl (C=O) groups excluding carboxylic acids is 1. The molecule has 6 heteroatoms. The lowest BCUT2D eigenvalue weighted by atomic mass is 10.0. The maximum absolute atomic E-state index is 12.6. The minimum absolute atomic E-state index is 0.0946. The summed E-state index contributed by atoms with van der Waals surface area (Å²) >= 11 is 0. The first kappa shape index (κ1) is 17.6. The van der Waals surface area contributed by atoms with Crippen LogP contribution >= 0.6 is 0 Å². The molecule has 2 heterocycles. The average Bonchev–Trinajstić information content (AvgIpc) is 3.14. The maximum atomic E-state index is 12.6. The van der Waals surface area contributed by atoms with Crippen molar-refractivity contribution in [2.75, 3.05) is 33.7 Å². The molecule has 1 aliphatic rings. The number of carbonyl (C=O) groups is 1. The van der Waals surface area contributed by atoms with Gasteiger partial charge >= 0.3 is 0 Å². The number of aromatic nitrogens is 2. The summed E-state index contributed by atoms with van der Waals surface area (Å²) in [6, 6.07) is 10.6. The van der Waals surface area contributed by atoms with Crippen molar-refractivity contribution < 1.29 is 4.79 Å². The topological polar surface area (TPSA) is 53.4 Å². The van der Waals surface area contributed by atoms with E-state index in [2.05, 4.69) is 58.5 Å². The average molecular weight is 341 g/mol. The van der Waals surface area contributed by atoms with Gasteiger partial charge in [0.15, 0.2) is 5.82 Å². The van der Waals surface area contributed by atoms with E-state index in [0.29, 0.717) is 11.7 Å². The Kier molecular flexibility index (Phi) is 5.50. The van der Waals surface area contributed by atoms with E-state index in [1.54, 1.807) is 17.0 Å². The Labute approximate surface area is 149 Å². The van der Waals surface area contributed by atoms with E-state index in [-0.39, 0.29) is 11.9 Å². The summed E-state index contributed by atoms with van der Waals surface area (Å²) in [5.41, 5.74) is 1.31. The van der Waals surface area contributed by atoms with Gasteiger partial charge in [-0.2, -0.15) is 0 Å². The van der Waals surface area contributed by atoms with Gasteiger partial charge in [-0.1, -0.05) is 30.3 Å². The summed E-state index contributed by atoms with van der Waals surface area (Å²) in [4.78, 5) is 21.3. The fraction of sp³-hybridized carbons (Fsp3) is 0.474. The van der Waals surface area contributed by atoms with Crippen LogP contribution < -0.4 is 5.32 Å². The predicted octanol–water partition coefficient (Wildman–Crippen LogP) is 1.21. The minimum Gasteiger partial charge on any atom is -0.345 e. The monoisotopic (exact) mass is 341 g/mol.